The Balaban J connectivity index is 2.94. The second-order valence-electron chi connectivity index (χ2n) is 3.36. The number of nitrogens with two attached hydrogens (primary N) is 1. The van der Waals surface area contributed by atoms with Gasteiger partial charge in [0.2, 0.25) is 5.88 Å². The minimum atomic E-state index is -0.587. The van der Waals surface area contributed by atoms with Crippen molar-refractivity contribution in [3.8, 4) is 5.88 Å². The lowest BCUT2D eigenvalue weighted by atomic mass is 10.2. The largest absolute Gasteiger partial charge is 0.480 e. The van der Waals surface area contributed by atoms with Crippen molar-refractivity contribution >= 4 is 16.5 Å². The van der Waals surface area contributed by atoms with E-state index < -0.39 is 6.10 Å². The number of ether oxygens (including phenoxy) is 1. The predicted octanol–water partition coefficient (Wildman–Crippen LogP) is 0.600. The number of aromatic nitrogens is 1. The molecular formula is C9H17N3O2S. The number of rotatable bonds is 5. The van der Waals surface area contributed by atoms with Crippen molar-refractivity contribution in [1.82, 2.24) is 4.98 Å². The van der Waals surface area contributed by atoms with Crippen LogP contribution in [0.5, 0.6) is 5.88 Å². The van der Waals surface area contributed by atoms with Crippen LogP contribution < -0.4 is 15.4 Å². The molecule has 6 heteroatoms. The van der Waals surface area contributed by atoms with Crippen LogP contribution in [0.4, 0.5) is 5.13 Å². The van der Waals surface area contributed by atoms with Crippen molar-refractivity contribution in [3.63, 3.8) is 0 Å². The number of aliphatic hydroxyl groups excluding tert-OH is 1. The van der Waals surface area contributed by atoms with Gasteiger partial charge in [-0.25, -0.2) is 0 Å². The Kier molecular flexibility index (Phi) is 4.31. The van der Waals surface area contributed by atoms with E-state index in [4.69, 9.17) is 10.5 Å². The maximum atomic E-state index is 9.82. The summed E-state index contributed by atoms with van der Waals surface area (Å²) in [5.41, 5.74) is 5.40. The van der Waals surface area contributed by atoms with Gasteiger partial charge in [-0.1, -0.05) is 11.3 Å². The Morgan fingerprint density at radius 2 is 2.27 bits per heavy atom. The highest BCUT2D eigenvalue weighted by molar-refractivity contribution is 7.16. The summed E-state index contributed by atoms with van der Waals surface area (Å²) in [5.74, 6) is 0.490. The average molecular weight is 231 g/mol. The van der Waals surface area contributed by atoms with Gasteiger partial charge in [-0.05, 0) is 13.0 Å². The monoisotopic (exact) mass is 231 g/mol. The first kappa shape index (κ1) is 12.2. The number of thiazole rings is 1. The molecule has 1 aromatic heterocycles. The summed E-state index contributed by atoms with van der Waals surface area (Å²) in [5, 5.41) is 10.6. The van der Waals surface area contributed by atoms with E-state index in [0.29, 0.717) is 18.8 Å². The maximum Gasteiger partial charge on any atom is 0.232 e. The summed E-state index contributed by atoms with van der Waals surface area (Å²) in [6.45, 7) is 0.444. The molecule has 1 rings (SSSR count). The number of anilines is 1. The lowest BCUT2D eigenvalue weighted by Gasteiger charge is -2.07. The van der Waals surface area contributed by atoms with Gasteiger partial charge in [-0.3, -0.25) is 0 Å². The van der Waals surface area contributed by atoms with Gasteiger partial charge < -0.3 is 20.5 Å². The van der Waals surface area contributed by atoms with Gasteiger partial charge in [-0.15, -0.1) is 0 Å². The molecule has 0 aliphatic rings. The second-order valence-corrected chi connectivity index (χ2v) is 4.37. The topological polar surface area (TPSA) is 71.6 Å². The third-order valence-corrected chi connectivity index (χ3v) is 3.23. The highest BCUT2D eigenvalue weighted by atomic mass is 32.1. The minimum Gasteiger partial charge on any atom is -0.480 e. The molecule has 3 N–H and O–H groups in total. The summed E-state index contributed by atoms with van der Waals surface area (Å²) in [6.07, 6.45) is -0.0676. The summed E-state index contributed by atoms with van der Waals surface area (Å²) < 4.78 is 5.12. The summed E-state index contributed by atoms with van der Waals surface area (Å²) in [4.78, 5) is 6.88. The van der Waals surface area contributed by atoms with Gasteiger partial charge >= 0.3 is 0 Å². The smallest absolute Gasteiger partial charge is 0.232 e. The van der Waals surface area contributed by atoms with Gasteiger partial charge in [0.05, 0.1) is 18.1 Å². The zero-order valence-corrected chi connectivity index (χ0v) is 10.0. The van der Waals surface area contributed by atoms with Gasteiger partial charge in [0.25, 0.3) is 0 Å². The van der Waals surface area contributed by atoms with Crippen LogP contribution in [0.25, 0.3) is 0 Å². The average Bonchev–Trinajstić information content (AvgIpc) is 2.61. The van der Waals surface area contributed by atoms with Crippen molar-refractivity contribution in [2.45, 2.75) is 12.5 Å². The highest BCUT2D eigenvalue weighted by Gasteiger charge is 2.19. The van der Waals surface area contributed by atoms with Crippen LogP contribution >= 0.6 is 11.3 Å². The zero-order valence-electron chi connectivity index (χ0n) is 9.23. The molecule has 0 saturated heterocycles. The van der Waals surface area contributed by atoms with E-state index >= 15 is 0 Å². The first-order valence-electron chi connectivity index (χ1n) is 4.70. The van der Waals surface area contributed by atoms with Gasteiger partial charge in [-0.2, -0.15) is 4.98 Å². The molecular weight excluding hydrogens is 214 g/mol. The van der Waals surface area contributed by atoms with E-state index in [1.54, 1.807) is 7.11 Å². The fourth-order valence-electron chi connectivity index (χ4n) is 1.14. The van der Waals surface area contributed by atoms with Crippen molar-refractivity contribution in [2.75, 3.05) is 32.6 Å². The Labute approximate surface area is 93.5 Å². The molecule has 0 fully saturated rings. The van der Waals surface area contributed by atoms with Crippen molar-refractivity contribution in [3.05, 3.63) is 4.88 Å². The molecule has 0 aliphatic heterocycles. The first-order chi connectivity index (χ1) is 7.10. The Hall–Kier alpha value is -0.850. The molecule has 0 bridgehead atoms. The maximum absolute atomic E-state index is 9.82. The SMILES string of the molecule is COc1nc(N(C)C)sc1[C@@H](O)CCN. The number of aliphatic hydroxyl groups is 1. The fraction of sp³-hybridized carbons (Fsp3) is 0.667. The van der Waals surface area contributed by atoms with E-state index in [9.17, 15) is 5.11 Å². The second kappa shape index (κ2) is 5.29. The van der Waals surface area contributed by atoms with Gasteiger partial charge in [0.1, 0.15) is 0 Å². The number of hydrogen-bond acceptors (Lipinski definition) is 6. The molecule has 0 saturated carbocycles. The van der Waals surface area contributed by atoms with E-state index in [0.717, 1.165) is 10.0 Å². The van der Waals surface area contributed by atoms with Crippen LogP contribution in [-0.4, -0.2) is 37.8 Å². The van der Waals surface area contributed by atoms with Crippen molar-refractivity contribution < 1.29 is 9.84 Å². The van der Waals surface area contributed by atoms with Crippen molar-refractivity contribution in [1.29, 1.82) is 0 Å². The van der Waals surface area contributed by atoms with Crippen LogP contribution in [0.1, 0.15) is 17.4 Å². The molecule has 0 radical (unpaired) electrons. The molecule has 5 nitrogen and oxygen atoms in total. The van der Waals surface area contributed by atoms with Crippen LogP contribution in [0.15, 0.2) is 0 Å². The summed E-state index contributed by atoms with van der Waals surface area (Å²) >= 11 is 1.42. The van der Waals surface area contributed by atoms with Crippen LogP contribution in [0, 0.1) is 0 Å². The highest BCUT2D eigenvalue weighted by Crippen LogP contribution is 2.36. The van der Waals surface area contributed by atoms with Crippen molar-refractivity contribution in [2.24, 2.45) is 5.73 Å². The molecule has 0 aromatic carbocycles. The lowest BCUT2D eigenvalue weighted by molar-refractivity contribution is 0.169. The van der Waals surface area contributed by atoms with E-state index in [1.807, 2.05) is 19.0 Å². The van der Waals surface area contributed by atoms with E-state index in [1.165, 1.54) is 11.3 Å². The number of hydrogen-bond donors (Lipinski definition) is 2. The summed E-state index contributed by atoms with van der Waals surface area (Å²) in [6, 6.07) is 0. The van der Waals surface area contributed by atoms with E-state index in [-0.39, 0.29) is 0 Å². The Morgan fingerprint density at radius 1 is 1.60 bits per heavy atom. The Bertz CT molecular complexity index is 314. The molecule has 0 unspecified atom stereocenters. The van der Waals surface area contributed by atoms with Crippen LogP contribution in [0.2, 0.25) is 0 Å². The number of nitrogens with zero attached hydrogens (tertiary/aromatic N) is 2. The zero-order chi connectivity index (χ0) is 11.4. The normalized spacial score (nSPS) is 12.6. The van der Waals surface area contributed by atoms with Crippen LogP contribution in [-0.2, 0) is 0 Å². The third kappa shape index (κ3) is 2.80. The minimum absolute atomic E-state index is 0.444. The van der Waals surface area contributed by atoms with Crippen LogP contribution in [0.3, 0.4) is 0 Å². The molecule has 1 atom stereocenters. The van der Waals surface area contributed by atoms with E-state index in [2.05, 4.69) is 4.98 Å². The Morgan fingerprint density at radius 3 is 2.73 bits per heavy atom. The standard InChI is InChI=1S/C9H17N3O2S/c1-12(2)9-11-8(14-3)7(15-9)6(13)4-5-10/h6,13H,4-5,10H2,1-3H3/t6-/m0/s1. The molecule has 15 heavy (non-hydrogen) atoms. The molecule has 0 amide bonds. The molecule has 1 heterocycles. The van der Waals surface area contributed by atoms with Gasteiger partial charge in [0.15, 0.2) is 5.13 Å². The third-order valence-electron chi connectivity index (χ3n) is 1.93. The lowest BCUT2D eigenvalue weighted by Crippen LogP contribution is -2.07. The predicted molar refractivity (Wildman–Crippen MR) is 61.6 cm³/mol. The number of methoxy groups -OCH3 is 1. The fourth-order valence-corrected chi connectivity index (χ4v) is 2.12. The first-order valence-corrected chi connectivity index (χ1v) is 5.52. The quantitative estimate of drug-likeness (QED) is 0.776. The summed E-state index contributed by atoms with van der Waals surface area (Å²) in [7, 11) is 5.35. The molecule has 86 valence electrons. The molecule has 0 spiro atoms. The molecule has 1 aromatic rings. The molecule has 0 aliphatic carbocycles. The van der Waals surface area contributed by atoms with Gasteiger partial charge in [0, 0.05) is 14.1 Å².